The molecule has 6 rings (SSSR count). The Kier molecular flexibility index (Phi) is 10.7. The van der Waals surface area contributed by atoms with Crippen molar-refractivity contribution in [3.05, 3.63) is 41.7 Å². The van der Waals surface area contributed by atoms with Crippen molar-refractivity contribution in [2.24, 2.45) is 5.73 Å². The molecule has 43 heavy (non-hydrogen) atoms. The second-order valence-electron chi connectivity index (χ2n) is 11.6. The van der Waals surface area contributed by atoms with E-state index in [0.717, 1.165) is 69.1 Å². The summed E-state index contributed by atoms with van der Waals surface area (Å²) in [4.78, 5) is 29.7. The third-order valence-corrected chi connectivity index (χ3v) is 8.77. The largest absolute Gasteiger partial charge is 0.416 e. The molecule has 3 fully saturated rings. The molecule has 1 aromatic carbocycles. The van der Waals surface area contributed by atoms with Gasteiger partial charge in [-0.1, -0.05) is 12.8 Å². The van der Waals surface area contributed by atoms with Gasteiger partial charge in [-0.25, -0.2) is 4.98 Å². The first-order chi connectivity index (χ1) is 19.8. The van der Waals surface area contributed by atoms with Gasteiger partial charge >= 0.3 is 6.18 Å². The Morgan fingerprint density at radius 3 is 2.23 bits per heavy atom. The van der Waals surface area contributed by atoms with E-state index in [1.54, 1.807) is 4.90 Å². The molecular weight excluding hydrogens is 604 g/mol. The predicted molar refractivity (Wildman–Crippen MR) is 165 cm³/mol. The maximum absolute atomic E-state index is 13.5. The van der Waals surface area contributed by atoms with Crippen LogP contribution in [0.2, 0.25) is 0 Å². The SMILES string of the molecule is Cl.Cl.NC1CCC(Nc2nc(NC3CCCCN3C(=O)c3ccc(C(F)(F)F)cc3)c3ncn(C4CCCC4)c3n2)CC1. The first-order valence-electron chi connectivity index (χ1n) is 14.8. The second-order valence-corrected chi connectivity index (χ2v) is 11.6. The summed E-state index contributed by atoms with van der Waals surface area (Å²) in [5.74, 6) is 0.769. The van der Waals surface area contributed by atoms with Gasteiger partial charge in [-0.15, -0.1) is 24.8 Å². The third kappa shape index (κ3) is 7.29. The van der Waals surface area contributed by atoms with Crippen molar-refractivity contribution in [3.63, 3.8) is 0 Å². The van der Waals surface area contributed by atoms with Crippen LogP contribution < -0.4 is 16.4 Å². The summed E-state index contributed by atoms with van der Waals surface area (Å²) in [5, 5.41) is 7.01. The second kappa shape index (κ2) is 13.9. The molecule has 2 aliphatic carbocycles. The van der Waals surface area contributed by atoms with Crippen molar-refractivity contribution in [2.75, 3.05) is 17.2 Å². The molecule has 1 amide bonds. The van der Waals surface area contributed by atoms with Crippen LogP contribution in [-0.4, -0.2) is 55.1 Å². The van der Waals surface area contributed by atoms with Gasteiger partial charge in [0.15, 0.2) is 17.0 Å². The summed E-state index contributed by atoms with van der Waals surface area (Å²) in [6.07, 6.45) is 7.75. The molecule has 1 unspecified atom stereocenters. The Morgan fingerprint density at radius 2 is 1.56 bits per heavy atom. The van der Waals surface area contributed by atoms with Crippen LogP contribution in [-0.2, 0) is 6.18 Å². The topological polar surface area (TPSA) is 114 Å². The van der Waals surface area contributed by atoms with Gasteiger partial charge in [-0.3, -0.25) is 4.79 Å². The molecule has 3 heterocycles. The van der Waals surface area contributed by atoms with Crippen LogP contribution in [0, 0.1) is 0 Å². The highest BCUT2D eigenvalue weighted by Gasteiger charge is 2.33. The number of fused-ring (bicyclic) bond motifs is 1. The maximum atomic E-state index is 13.5. The monoisotopic (exact) mass is 642 g/mol. The number of aromatic nitrogens is 4. The Balaban J connectivity index is 0.00000212. The van der Waals surface area contributed by atoms with Crippen LogP contribution in [0.5, 0.6) is 0 Å². The fourth-order valence-electron chi connectivity index (χ4n) is 6.43. The number of piperidine rings is 1. The summed E-state index contributed by atoms with van der Waals surface area (Å²) in [7, 11) is 0. The van der Waals surface area contributed by atoms with Gasteiger partial charge in [-0.2, -0.15) is 23.1 Å². The fraction of sp³-hybridized carbons (Fsp3) is 0.586. The summed E-state index contributed by atoms with van der Waals surface area (Å²) in [6, 6.07) is 5.23. The Morgan fingerprint density at radius 1 is 0.884 bits per heavy atom. The van der Waals surface area contributed by atoms with Crippen LogP contribution in [0.15, 0.2) is 30.6 Å². The van der Waals surface area contributed by atoms with Crippen molar-refractivity contribution in [3.8, 4) is 0 Å². The number of halogens is 5. The molecular formula is C29H39Cl2F3N8O. The van der Waals surface area contributed by atoms with Crippen molar-refractivity contribution in [1.29, 1.82) is 0 Å². The molecule has 0 bridgehead atoms. The number of carbonyl (C=O) groups is 1. The zero-order chi connectivity index (χ0) is 28.6. The molecule has 9 nitrogen and oxygen atoms in total. The molecule has 2 aromatic heterocycles. The van der Waals surface area contributed by atoms with Gasteiger partial charge in [0.1, 0.15) is 6.17 Å². The number of hydrogen-bond acceptors (Lipinski definition) is 7. The minimum Gasteiger partial charge on any atom is -0.351 e. The summed E-state index contributed by atoms with van der Waals surface area (Å²) in [6.45, 7) is 0.496. The van der Waals surface area contributed by atoms with Gasteiger partial charge in [0.05, 0.1) is 11.9 Å². The first-order valence-corrected chi connectivity index (χ1v) is 14.8. The number of hydrogen-bond donors (Lipinski definition) is 3. The molecule has 236 valence electrons. The Bertz CT molecular complexity index is 1370. The number of benzene rings is 1. The van der Waals surface area contributed by atoms with E-state index in [2.05, 4.69) is 15.2 Å². The number of likely N-dealkylation sites (tertiary alicyclic amines) is 1. The molecule has 0 radical (unpaired) electrons. The highest BCUT2D eigenvalue weighted by atomic mass is 35.5. The number of carbonyl (C=O) groups excluding carboxylic acids is 1. The van der Waals surface area contributed by atoms with E-state index in [4.69, 9.17) is 20.7 Å². The number of rotatable bonds is 6. The van der Waals surface area contributed by atoms with E-state index in [1.165, 1.54) is 25.0 Å². The fourth-order valence-corrected chi connectivity index (χ4v) is 6.43. The molecule has 2 saturated carbocycles. The van der Waals surface area contributed by atoms with Crippen LogP contribution in [0.1, 0.15) is 92.6 Å². The van der Waals surface area contributed by atoms with Gasteiger partial charge in [0.2, 0.25) is 5.95 Å². The van der Waals surface area contributed by atoms with Crippen molar-refractivity contribution in [2.45, 2.75) is 101 Å². The average Bonchev–Trinajstić information content (AvgIpc) is 3.64. The minimum absolute atomic E-state index is 0. The van der Waals surface area contributed by atoms with E-state index >= 15 is 0 Å². The average molecular weight is 644 g/mol. The number of nitrogens with zero attached hydrogens (tertiary/aromatic N) is 5. The van der Waals surface area contributed by atoms with Crippen molar-refractivity contribution < 1.29 is 18.0 Å². The number of amides is 1. The number of imidazole rings is 1. The van der Waals surface area contributed by atoms with E-state index in [0.29, 0.717) is 36.3 Å². The Labute approximate surface area is 261 Å². The maximum Gasteiger partial charge on any atom is 0.416 e. The lowest BCUT2D eigenvalue weighted by Crippen LogP contribution is -2.48. The number of nitrogens with two attached hydrogens (primary N) is 1. The highest BCUT2D eigenvalue weighted by Crippen LogP contribution is 2.34. The Hall–Kier alpha value is -2.83. The van der Waals surface area contributed by atoms with Gasteiger partial charge in [-0.05, 0) is 82.1 Å². The van der Waals surface area contributed by atoms with Gasteiger partial charge in [0.25, 0.3) is 5.91 Å². The van der Waals surface area contributed by atoms with E-state index in [9.17, 15) is 18.0 Å². The van der Waals surface area contributed by atoms with Crippen LogP contribution in [0.4, 0.5) is 24.9 Å². The molecule has 3 aromatic rings. The first kappa shape index (κ1) is 33.1. The quantitative estimate of drug-likeness (QED) is 0.279. The van der Waals surface area contributed by atoms with Crippen LogP contribution in [0.3, 0.4) is 0 Å². The lowest BCUT2D eigenvalue weighted by atomic mass is 9.92. The lowest BCUT2D eigenvalue weighted by molar-refractivity contribution is -0.137. The van der Waals surface area contributed by atoms with E-state index in [-0.39, 0.29) is 54.5 Å². The molecule has 14 heteroatoms. The number of alkyl halides is 3. The highest BCUT2D eigenvalue weighted by molar-refractivity contribution is 5.95. The minimum atomic E-state index is -4.45. The zero-order valence-electron chi connectivity index (χ0n) is 23.9. The summed E-state index contributed by atoms with van der Waals surface area (Å²) in [5.41, 5.74) is 6.98. The van der Waals surface area contributed by atoms with E-state index in [1.807, 2.05) is 6.33 Å². The zero-order valence-corrected chi connectivity index (χ0v) is 25.5. The molecule has 1 atom stereocenters. The van der Waals surface area contributed by atoms with Crippen molar-refractivity contribution >= 4 is 53.7 Å². The van der Waals surface area contributed by atoms with Gasteiger partial charge < -0.3 is 25.8 Å². The summed E-state index contributed by atoms with van der Waals surface area (Å²) >= 11 is 0. The standard InChI is InChI=1S/C29H37F3N8O.2ClH/c30-29(31,32)19-10-8-18(9-11-19)27(41)39-16-4-3-7-23(39)36-25-24-26(40(17-34-24)22-5-1-2-6-22)38-28(37-25)35-21-14-12-20(33)13-15-21;;/h8-11,17,20-23H,1-7,12-16,33H2,(H2,35,36,37,38);2*1H. The smallest absolute Gasteiger partial charge is 0.351 e. The molecule has 1 aliphatic heterocycles. The molecule has 3 aliphatic rings. The van der Waals surface area contributed by atoms with Crippen molar-refractivity contribution in [1.82, 2.24) is 24.4 Å². The number of nitrogens with one attached hydrogen (secondary N) is 2. The van der Waals surface area contributed by atoms with E-state index < -0.39 is 11.7 Å². The van der Waals surface area contributed by atoms with Gasteiger partial charge in [0, 0.05) is 30.2 Å². The van der Waals surface area contributed by atoms with Crippen LogP contribution in [0.25, 0.3) is 11.2 Å². The summed E-state index contributed by atoms with van der Waals surface area (Å²) < 4.78 is 41.4. The normalized spacial score (nSPS) is 23.0. The molecule has 1 saturated heterocycles. The van der Waals surface area contributed by atoms with Crippen LogP contribution >= 0.6 is 24.8 Å². The molecule has 4 N–H and O–H groups in total. The number of anilines is 2. The molecule has 0 spiro atoms. The lowest BCUT2D eigenvalue weighted by Gasteiger charge is -2.36. The third-order valence-electron chi connectivity index (χ3n) is 8.77. The predicted octanol–water partition coefficient (Wildman–Crippen LogP) is 6.55.